The lowest BCUT2D eigenvalue weighted by Gasteiger charge is -2.01. The number of carbonyl (C=O) groups is 1. The molecule has 1 fully saturated rings. The summed E-state index contributed by atoms with van der Waals surface area (Å²) in [7, 11) is 2.17. The number of aliphatic carboxylic acids is 1. The molecule has 0 spiro atoms. The van der Waals surface area contributed by atoms with Crippen molar-refractivity contribution in [2.45, 2.75) is 16.6 Å². The van der Waals surface area contributed by atoms with Crippen molar-refractivity contribution in [1.29, 1.82) is 0 Å². The van der Waals surface area contributed by atoms with E-state index in [0.717, 1.165) is 0 Å². The molecule has 6 heteroatoms. The Bertz CT molecular complexity index is 164. The van der Waals surface area contributed by atoms with Crippen molar-refractivity contribution in [3.05, 3.63) is 0 Å². The number of nitrogens with zero attached hydrogens (tertiary/aromatic N) is 1. The Morgan fingerprint density at radius 2 is 1.62 bits per heavy atom. The largest absolute Gasteiger partial charge is 0.478 e. The topological polar surface area (TPSA) is 40.5 Å². The zero-order valence-electron chi connectivity index (χ0n) is 7.26. The number of halogens is 3. The lowest BCUT2D eigenvalue weighted by molar-refractivity contribution is -0.135. The van der Waals surface area contributed by atoms with Crippen LogP contribution in [0.1, 0.15) is 12.8 Å². The van der Waals surface area contributed by atoms with Gasteiger partial charge in [0, 0.05) is 0 Å². The van der Waals surface area contributed by atoms with Crippen LogP contribution in [0, 0.1) is 0 Å². The first kappa shape index (κ1) is 13.3. The number of hydrogen-bond acceptors (Lipinski definition) is 2. The predicted molar refractivity (Wildman–Crippen MR) is 54.7 cm³/mol. The van der Waals surface area contributed by atoms with E-state index in [4.69, 9.17) is 39.9 Å². The molecule has 1 aliphatic rings. The van der Waals surface area contributed by atoms with Crippen LogP contribution in [0.15, 0.2) is 0 Å². The maximum Gasteiger partial charge on any atom is 0.356 e. The van der Waals surface area contributed by atoms with Crippen molar-refractivity contribution < 1.29 is 9.90 Å². The van der Waals surface area contributed by atoms with E-state index in [1.165, 1.54) is 25.9 Å². The molecule has 13 heavy (non-hydrogen) atoms. The minimum Gasteiger partial charge on any atom is -0.478 e. The Labute approximate surface area is 92.6 Å². The van der Waals surface area contributed by atoms with Gasteiger partial charge in [0.1, 0.15) is 0 Å². The van der Waals surface area contributed by atoms with Crippen LogP contribution in [-0.2, 0) is 4.79 Å². The number of carboxylic acid groups (broad SMARTS) is 1. The van der Waals surface area contributed by atoms with E-state index in [2.05, 4.69) is 11.9 Å². The number of rotatable bonds is 0. The molecular weight excluding hydrogens is 236 g/mol. The van der Waals surface area contributed by atoms with Gasteiger partial charge in [-0.2, -0.15) is 0 Å². The molecule has 78 valence electrons. The van der Waals surface area contributed by atoms with Gasteiger partial charge in [-0.05, 0) is 33.0 Å². The van der Waals surface area contributed by atoms with E-state index >= 15 is 0 Å². The van der Waals surface area contributed by atoms with Gasteiger partial charge in [-0.1, -0.05) is 34.8 Å². The summed E-state index contributed by atoms with van der Waals surface area (Å²) in [5, 5.41) is 7.85. The van der Waals surface area contributed by atoms with Crippen LogP contribution >= 0.6 is 34.8 Å². The fourth-order valence-corrected chi connectivity index (χ4v) is 0.875. The highest BCUT2D eigenvalue weighted by Crippen LogP contribution is 2.25. The van der Waals surface area contributed by atoms with Crippen LogP contribution < -0.4 is 0 Å². The Balaban J connectivity index is 0.000000223. The number of alkyl halides is 3. The molecule has 0 saturated carbocycles. The van der Waals surface area contributed by atoms with Crippen molar-refractivity contribution >= 4 is 40.8 Å². The van der Waals surface area contributed by atoms with Crippen molar-refractivity contribution in [1.82, 2.24) is 4.90 Å². The van der Waals surface area contributed by atoms with Crippen LogP contribution in [0.2, 0.25) is 0 Å². The van der Waals surface area contributed by atoms with Crippen LogP contribution in [0.25, 0.3) is 0 Å². The summed E-state index contributed by atoms with van der Waals surface area (Å²) in [6, 6.07) is 0. The van der Waals surface area contributed by atoms with Gasteiger partial charge in [-0.15, -0.1) is 0 Å². The van der Waals surface area contributed by atoms with E-state index < -0.39 is 9.76 Å². The predicted octanol–water partition coefficient (Wildman–Crippen LogP) is 2.15. The molecule has 0 aromatic rings. The van der Waals surface area contributed by atoms with E-state index in [1.54, 1.807) is 0 Å². The van der Waals surface area contributed by atoms with Gasteiger partial charge in [0.15, 0.2) is 0 Å². The highest BCUT2D eigenvalue weighted by molar-refractivity contribution is 6.75. The van der Waals surface area contributed by atoms with E-state index in [-0.39, 0.29) is 0 Å². The fourth-order valence-electron chi connectivity index (χ4n) is 0.875. The molecule has 0 atom stereocenters. The average molecular weight is 249 g/mol. The van der Waals surface area contributed by atoms with Gasteiger partial charge in [-0.3, -0.25) is 0 Å². The lowest BCUT2D eigenvalue weighted by Crippen LogP contribution is -2.16. The van der Waals surface area contributed by atoms with Crippen LogP contribution in [0.3, 0.4) is 0 Å². The molecular formula is C7H12Cl3NO2. The monoisotopic (exact) mass is 247 g/mol. The Hall–Kier alpha value is 0.300. The highest BCUT2D eigenvalue weighted by Gasteiger charge is 2.29. The van der Waals surface area contributed by atoms with E-state index in [0.29, 0.717) is 0 Å². The number of likely N-dealkylation sites (tertiary alicyclic amines) is 1. The zero-order valence-corrected chi connectivity index (χ0v) is 9.53. The van der Waals surface area contributed by atoms with Gasteiger partial charge in [-0.25, -0.2) is 4.79 Å². The van der Waals surface area contributed by atoms with Crippen molar-refractivity contribution in [2.24, 2.45) is 0 Å². The molecule has 0 aliphatic carbocycles. The molecule has 1 aliphatic heterocycles. The highest BCUT2D eigenvalue weighted by atomic mass is 35.6. The summed E-state index contributed by atoms with van der Waals surface area (Å²) in [6.45, 7) is 2.64. The molecule has 1 rings (SSSR count). The quantitative estimate of drug-likeness (QED) is 0.668. The van der Waals surface area contributed by atoms with Crippen molar-refractivity contribution in [3.8, 4) is 0 Å². The Morgan fingerprint density at radius 3 is 1.69 bits per heavy atom. The summed E-state index contributed by atoms with van der Waals surface area (Å²) in [5.74, 6) is -1.46. The standard InChI is InChI=1S/C5H11N.C2HCl3O2/c1-6-4-2-3-5-6;3-2(4,5)1(6)7/h2-5H2,1H3;(H,6,7). The molecule has 0 aromatic heterocycles. The second kappa shape index (κ2) is 5.91. The summed E-state index contributed by atoms with van der Waals surface area (Å²) >= 11 is 14.4. The molecule has 0 amide bonds. The normalized spacial score (nSPS) is 17.8. The van der Waals surface area contributed by atoms with Crippen LogP contribution in [0.5, 0.6) is 0 Å². The van der Waals surface area contributed by atoms with Gasteiger partial charge in [0.25, 0.3) is 3.79 Å². The smallest absolute Gasteiger partial charge is 0.356 e. The SMILES string of the molecule is CN1CCCC1.O=C(O)C(Cl)(Cl)Cl. The first-order valence-corrected chi connectivity index (χ1v) is 4.96. The summed E-state index contributed by atoms with van der Waals surface area (Å²) in [5.41, 5.74) is 0. The Kier molecular flexibility index (Phi) is 6.05. The average Bonchev–Trinajstić information content (AvgIpc) is 2.38. The maximum atomic E-state index is 9.62. The molecule has 0 bridgehead atoms. The second-order valence-electron chi connectivity index (χ2n) is 2.81. The van der Waals surface area contributed by atoms with Gasteiger partial charge < -0.3 is 10.0 Å². The lowest BCUT2D eigenvalue weighted by atomic mass is 10.4. The number of carboxylic acids is 1. The molecule has 1 saturated heterocycles. The molecule has 0 aromatic carbocycles. The summed E-state index contributed by atoms with van der Waals surface area (Å²) in [6.07, 6.45) is 2.83. The molecule has 0 unspecified atom stereocenters. The third-order valence-electron chi connectivity index (χ3n) is 1.57. The zero-order chi connectivity index (χ0) is 10.5. The third-order valence-corrected chi connectivity index (χ3v) is 2.06. The van der Waals surface area contributed by atoms with Crippen molar-refractivity contribution in [3.63, 3.8) is 0 Å². The first-order valence-electron chi connectivity index (χ1n) is 3.82. The summed E-state index contributed by atoms with van der Waals surface area (Å²) in [4.78, 5) is 12.0. The van der Waals surface area contributed by atoms with Gasteiger partial charge >= 0.3 is 5.97 Å². The molecule has 3 nitrogen and oxygen atoms in total. The maximum absolute atomic E-state index is 9.62. The van der Waals surface area contributed by atoms with Crippen LogP contribution in [-0.4, -0.2) is 39.9 Å². The van der Waals surface area contributed by atoms with E-state index in [1.807, 2.05) is 0 Å². The minimum atomic E-state index is -2.17. The third kappa shape index (κ3) is 7.38. The number of hydrogen-bond donors (Lipinski definition) is 1. The minimum absolute atomic E-state index is 1.32. The fraction of sp³-hybridized carbons (Fsp3) is 0.857. The second-order valence-corrected chi connectivity index (χ2v) is 5.09. The van der Waals surface area contributed by atoms with E-state index in [9.17, 15) is 4.79 Å². The molecule has 1 heterocycles. The van der Waals surface area contributed by atoms with Crippen molar-refractivity contribution in [2.75, 3.05) is 20.1 Å². The molecule has 0 radical (unpaired) electrons. The molecule has 1 N–H and O–H groups in total. The van der Waals surface area contributed by atoms with Crippen LogP contribution in [0.4, 0.5) is 0 Å². The van der Waals surface area contributed by atoms with Gasteiger partial charge in [0.2, 0.25) is 0 Å². The van der Waals surface area contributed by atoms with Gasteiger partial charge in [0.05, 0.1) is 0 Å². The Morgan fingerprint density at radius 1 is 1.31 bits per heavy atom. The summed E-state index contributed by atoms with van der Waals surface area (Å²) < 4.78 is -2.17. The first-order chi connectivity index (χ1) is 5.84.